The maximum Gasteiger partial charge on any atom is 0.145 e. The second-order valence-electron chi connectivity index (χ2n) is 3.62. The molecule has 6 heteroatoms. The molecule has 0 saturated heterocycles. The molecule has 0 aliphatic carbocycles. The van der Waals surface area contributed by atoms with Crippen LogP contribution < -0.4 is 10.5 Å². The quantitative estimate of drug-likeness (QED) is 0.886. The zero-order chi connectivity index (χ0) is 12.4. The van der Waals surface area contributed by atoms with Crippen LogP contribution in [-0.4, -0.2) is 9.78 Å². The highest BCUT2D eigenvalue weighted by Crippen LogP contribution is 2.28. The van der Waals surface area contributed by atoms with Gasteiger partial charge in [0.25, 0.3) is 0 Å². The number of hydrogen-bond acceptors (Lipinski definition) is 3. The molecular formula is C11H11BrFN3O. The third-order valence-corrected chi connectivity index (χ3v) is 2.81. The van der Waals surface area contributed by atoms with Crippen LogP contribution in [0.15, 0.2) is 29.0 Å². The van der Waals surface area contributed by atoms with Crippen molar-refractivity contribution in [3.63, 3.8) is 0 Å². The Labute approximate surface area is 106 Å². The fraction of sp³-hybridized carbons (Fsp3) is 0.182. The van der Waals surface area contributed by atoms with Crippen molar-refractivity contribution in [3.8, 4) is 5.75 Å². The summed E-state index contributed by atoms with van der Waals surface area (Å²) in [6.07, 6.45) is 3.51. The first-order chi connectivity index (χ1) is 8.06. The van der Waals surface area contributed by atoms with Gasteiger partial charge in [-0.05, 0) is 22.0 Å². The van der Waals surface area contributed by atoms with Gasteiger partial charge in [-0.25, -0.2) is 4.39 Å². The predicted octanol–water partition coefficient (Wildman–Crippen LogP) is 2.48. The summed E-state index contributed by atoms with van der Waals surface area (Å²) in [5, 5.41) is 4.01. The van der Waals surface area contributed by atoms with E-state index < -0.39 is 5.82 Å². The maximum absolute atomic E-state index is 13.3. The number of nitrogens with two attached hydrogens (primary N) is 1. The van der Waals surface area contributed by atoms with Crippen LogP contribution in [0.3, 0.4) is 0 Å². The van der Waals surface area contributed by atoms with Crippen molar-refractivity contribution in [2.45, 2.75) is 6.61 Å². The van der Waals surface area contributed by atoms with Crippen molar-refractivity contribution in [2.75, 3.05) is 5.73 Å². The van der Waals surface area contributed by atoms with Crippen molar-refractivity contribution in [3.05, 3.63) is 40.4 Å². The molecule has 0 saturated carbocycles. The largest absolute Gasteiger partial charge is 0.487 e. The van der Waals surface area contributed by atoms with Gasteiger partial charge >= 0.3 is 0 Å². The van der Waals surface area contributed by atoms with Crippen LogP contribution in [0.4, 0.5) is 10.1 Å². The number of anilines is 1. The number of benzene rings is 1. The van der Waals surface area contributed by atoms with E-state index >= 15 is 0 Å². The van der Waals surface area contributed by atoms with Gasteiger partial charge in [0.2, 0.25) is 0 Å². The lowest BCUT2D eigenvalue weighted by atomic mass is 10.3. The number of nitrogens with zero attached hydrogens (tertiary/aromatic N) is 2. The molecule has 0 aliphatic heterocycles. The Hall–Kier alpha value is -1.56. The molecule has 0 amide bonds. The summed E-state index contributed by atoms with van der Waals surface area (Å²) in [5.74, 6) is -0.0741. The summed E-state index contributed by atoms with van der Waals surface area (Å²) < 4.78 is 20.7. The third kappa shape index (κ3) is 2.76. The van der Waals surface area contributed by atoms with Gasteiger partial charge in [-0.3, -0.25) is 4.68 Å². The second kappa shape index (κ2) is 4.75. The molecule has 90 valence electrons. The first-order valence-corrected chi connectivity index (χ1v) is 5.70. The number of nitrogen functional groups attached to an aromatic ring is 1. The molecule has 17 heavy (non-hydrogen) atoms. The van der Waals surface area contributed by atoms with Gasteiger partial charge in [-0.1, -0.05) is 0 Å². The molecule has 0 unspecified atom stereocenters. The van der Waals surface area contributed by atoms with Crippen LogP contribution in [0.5, 0.6) is 5.75 Å². The second-order valence-corrected chi connectivity index (χ2v) is 4.47. The SMILES string of the molecule is Cn1cc(COc2cc(F)c(Br)cc2N)cn1. The van der Waals surface area contributed by atoms with Crippen LogP contribution in [0.1, 0.15) is 5.56 Å². The van der Waals surface area contributed by atoms with E-state index in [1.807, 2.05) is 13.2 Å². The summed E-state index contributed by atoms with van der Waals surface area (Å²) in [4.78, 5) is 0. The standard InChI is InChI=1S/C11H11BrFN3O/c1-16-5-7(4-15-16)6-17-11-3-9(13)8(12)2-10(11)14/h2-5H,6,14H2,1H3. The average Bonchev–Trinajstić information content (AvgIpc) is 2.68. The molecule has 2 rings (SSSR count). The van der Waals surface area contributed by atoms with Gasteiger partial charge in [0.1, 0.15) is 18.2 Å². The normalized spacial score (nSPS) is 10.5. The van der Waals surface area contributed by atoms with Crippen LogP contribution in [0, 0.1) is 5.82 Å². The number of aryl methyl sites for hydroxylation is 1. The number of aromatic nitrogens is 2. The van der Waals surface area contributed by atoms with Crippen molar-refractivity contribution in [1.82, 2.24) is 9.78 Å². The maximum atomic E-state index is 13.3. The van der Waals surface area contributed by atoms with Crippen LogP contribution in [-0.2, 0) is 13.7 Å². The molecule has 0 fully saturated rings. The van der Waals surface area contributed by atoms with E-state index in [4.69, 9.17) is 10.5 Å². The average molecular weight is 300 g/mol. The number of rotatable bonds is 3. The van der Waals surface area contributed by atoms with Gasteiger partial charge in [-0.2, -0.15) is 5.10 Å². The molecule has 1 aromatic carbocycles. The Balaban J connectivity index is 2.11. The Morgan fingerprint density at radius 2 is 2.29 bits per heavy atom. The Morgan fingerprint density at radius 3 is 2.94 bits per heavy atom. The van der Waals surface area contributed by atoms with E-state index in [0.717, 1.165) is 5.56 Å². The molecule has 0 atom stereocenters. The van der Waals surface area contributed by atoms with Crippen LogP contribution in [0.25, 0.3) is 0 Å². The lowest BCUT2D eigenvalue weighted by molar-refractivity contribution is 0.306. The van der Waals surface area contributed by atoms with Crippen LogP contribution >= 0.6 is 15.9 Å². The zero-order valence-electron chi connectivity index (χ0n) is 9.15. The Bertz CT molecular complexity index is 542. The lowest BCUT2D eigenvalue weighted by Gasteiger charge is -2.08. The minimum atomic E-state index is -0.402. The first-order valence-electron chi connectivity index (χ1n) is 4.91. The highest BCUT2D eigenvalue weighted by atomic mass is 79.9. The number of ether oxygens (including phenoxy) is 1. The van der Waals surface area contributed by atoms with E-state index in [0.29, 0.717) is 22.5 Å². The molecule has 4 nitrogen and oxygen atoms in total. The van der Waals surface area contributed by atoms with Gasteiger partial charge in [0.05, 0.1) is 16.4 Å². The molecule has 0 aliphatic rings. The molecule has 1 heterocycles. The van der Waals surface area contributed by atoms with Gasteiger partial charge in [0, 0.05) is 24.9 Å². The number of hydrogen-bond donors (Lipinski definition) is 1. The predicted molar refractivity (Wildman–Crippen MR) is 66.1 cm³/mol. The molecule has 0 spiro atoms. The summed E-state index contributed by atoms with van der Waals surface area (Å²) >= 11 is 3.06. The summed E-state index contributed by atoms with van der Waals surface area (Å²) in [7, 11) is 1.82. The Kier molecular flexibility index (Phi) is 3.33. The lowest BCUT2D eigenvalue weighted by Crippen LogP contribution is -1.99. The summed E-state index contributed by atoms with van der Waals surface area (Å²) in [6, 6.07) is 2.74. The van der Waals surface area contributed by atoms with E-state index in [-0.39, 0.29) is 0 Å². The van der Waals surface area contributed by atoms with Crippen molar-refractivity contribution < 1.29 is 9.13 Å². The fourth-order valence-corrected chi connectivity index (χ4v) is 1.74. The highest BCUT2D eigenvalue weighted by Gasteiger charge is 2.07. The topological polar surface area (TPSA) is 53.1 Å². The van der Waals surface area contributed by atoms with Gasteiger partial charge < -0.3 is 10.5 Å². The minimum absolute atomic E-state index is 0.305. The van der Waals surface area contributed by atoms with Crippen LogP contribution in [0.2, 0.25) is 0 Å². The minimum Gasteiger partial charge on any atom is -0.487 e. The molecule has 2 N–H and O–H groups in total. The van der Waals surface area contributed by atoms with E-state index in [2.05, 4.69) is 21.0 Å². The number of halogens is 2. The Morgan fingerprint density at radius 1 is 1.53 bits per heavy atom. The molecular weight excluding hydrogens is 289 g/mol. The van der Waals surface area contributed by atoms with E-state index in [1.165, 1.54) is 12.1 Å². The molecule has 0 bridgehead atoms. The molecule has 1 aromatic heterocycles. The van der Waals surface area contributed by atoms with Crippen molar-refractivity contribution in [1.29, 1.82) is 0 Å². The highest BCUT2D eigenvalue weighted by molar-refractivity contribution is 9.10. The molecule has 2 aromatic rings. The van der Waals surface area contributed by atoms with Crippen molar-refractivity contribution >= 4 is 21.6 Å². The third-order valence-electron chi connectivity index (χ3n) is 2.21. The summed E-state index contributed by atoms with van der Waals surface area (Å²) in [5.41, 5.74) is 7.01. The first kappa shape index (κ1) is 11.9. The van der Waals surface area contributed by atoms with E-state index in [1.54, 1.807) is 10.9 Å². The summed E-state index contributed by atoms with van der Waals surface area (Å²) in [6.45, 7) is 0.305. The fourth-order valence-electron chi connectivity index (χ4n) is 1.38. The monoisotopic (exact) mass is 299 g/mol. The molecule has 0 radical (unpaired) electrons. The van der Waals surface area contributed by atoms with Gasteiger partial charge in [0.15, 0.2) is 0 Å². The smallest absolute Gasteiger partial charge is 0.145 e. The van der Waals surface area contributed by atoms with Crippen molar-refractivity contribution in [2.24, 2.45) is 7.05 Å². The van der Waals surface area contributed by atoms with Gasteiger partial charge in [-0.15, -0.1) is 0 Å². The van der Waals surface area contributed by atoms with E-state index in [9.17, 15) is 4.39 Å². The zero-order valence-corrected chi connectivity index (χ0v) is 10.7.